The van der Waals surface area contributed by atoms with Crippen LogP contribution in [-0.2, 0) is 6.54 Å². The maximum Gasteiger partial charge on any atom is 0.315 e. The van der Waals surface area contributed by atoms with Gasteiger partial charge in [-0.25, -0.2) is 9.18 Å². The number of carbonyl (C=O) groups is 2. The lowest BCUT2D eigenvalue weighted by Gasteiger charge is -2.36. The summed E-state index contributed by atoms with van der Waals surface area (Å²) in [5, 5.41) is 5.85. The van der Waals surface area contributed by atoms with Crippen molar-refractivity contribution in [2.24, 2.45) is 11.5 Å². The summed E-state index contributed by atoms with van der Waals surface area (Å²) in [6.07, 6.45) is 1.61. The van der Waals surface area contributed by atoms with E-state index in [1.54, 1.807) is 35.0 Å². The molecule has 0 aliphatic carbocycles. The van der Waals surface area contributed by atoms with Crippen LogP contribution in [-0.4, -0.2) is 42.3 Å². The standard InChI is InChI=1S/C22H20FN5O4S/c23-15-3-1-2-13(10-15)18-17(21(24)29)20-19(27(22(25)30)7-8-28(20)26-18)14-5-4-12-6-9-33(31,32)16(12)11-14/h1-6,9-11,19,31-32H,7-8H2,(H2,24,29)(H2,25,30). The van der Waals surface area contributed by atoms with E-state index in [-0.39, 0.29) is 24.3 Å². The number of carbonyl (C=O) groups excluding carboxylic acids is 2. The number of nitrogens with zero attached hydrogens (tertiary/aromatic N) is 3. The third-order valence-electron chi connectivity index (χ3n) is 5.86. The van der Waals surface area contributed by atoms with Gasteiger partial charge < -0.3 is 16.4 Å². The second-order valence-electron chi connectivity index (χ2n) is 7.83. The van der Waals surface area contributed by atoms with Crippen LogP contribution >= 0.6 is 10.6 Å². The minimum absolute atomic E-state index is 0.0433. The Morgan fingerprint density at radius 2 is 1.91 bits per heavy atom. The molecule has 1 unspecified atom stereocenters. The van der Waals surface area contributed by atoms with Gasteiger partial charge in [-0.3, -0.25) is 18.6 Å². The zero-order valence-corrected chi connectivity index (χ0v) is 18.0. The number of benzene rings is 2. The molecule has 0 bridgehead atoms. The van der Waals surface area contributed by atoms with Gasteiger partial charge in [0, 0.05) is 17.5 Å². The van der Waals surface area contributed by atoms with Gasteiger partial charge in [0.2, 0.25) is 0 Å². The molecule has 3 amide bonds. The highest BCUT2D eigenvalue weighted by molar-refractivity contribution is 8.27. The number of primary amides is 2. The molecular formula is C22H20FN5O4S. The van der Waals surface area contributed by atoms with Gasteiger partial charge in [0.25, 0.3) is 5.91 Å². The fourth-order valence-corrected chi connectivity index (χ4v) is 5.69. The van der Waals surface area contributed by atoms with Gasteiger partial charge in [-0.1, -0.05) is 24.3 Å². The molecule has 33 heavy (non-hydrogen) atoms. The predicted molar refractivity (Wildman–Crippen MR) is 121 cm³/mol. The van der Waals surface area contributed by atoms with Crippen LogP contribution in [0.4, 0.5) is 9.18 Å². The molecule has 0 saturated heterocycles. The SMILES string of the molecule is NC(=O)c1c(-c2cccc(F)c2)nn2c1C(c1ccc3c(c1)S(O)(O)C=C3)N(C(N)=O)CC2. The first-order chi connectivity index (χ1) is 15.7. The zero-order valence-electron chi connectivity index (χ0n) is 17.2. The van der Waals surface area contributed by atoms with Crippen molar-refractivity contribution in [1.82, 2.24) is 14.7 Å². The molecule has 3 heterocycles. The normalized spacial score (nSPS) is 19.1. The number of fused-ring (bicyclic) bond motifs is 2. The summed E-state index contributed by atoms with van der Waals surface area (Å²) in [7, 11) is -3.12. The van der Waals surface area contributed by atoms with Crippen LogP contribution in [0.25, 0.3) is 17.3 Å². The highest BCUT2D eigenvalue weighted by Gasteiger charge is 2.38. The van der Waals surface area contributed by atoms with Crippen LogP contribution < -0.4 is 11.5 Å². The van der Waals surface area contributed by atoms with E-state index in [2.05, 4.69) is 5.10 Å². The average molecular weight is 469 g/mol. The van der Waals surface area contributed by atoms with Crippen LogP contribution in [0.15, 0.2) is 52.8 Å². The first kappa shape index (κ1) is 21.2. The molecule has 6 N–H and O–H groups in total. The Balaban J connectivity index is 1.75. The van der Waals surface area contributed by atoms with Crippen molar-refractivity contribution in [2.45, 2.75) is 17.5 Å². The molecule has 11 heteroatoms. The molecule has 0 saturated carbocycles. The van der Waals surface area contributed by atoms with Crippen molar-refractivity contribution in [3.05, 3.63) is 76.1 Å². The molecule has 9 nitrogen and oxygen atoms in total. The summed E-state index contributed by atoms with van der Waals surface area (Å²) in [4.78, 5) is 26.7. The Morgan fingerprint density at radius 1 is 1.12 bits per heavy atom. The fraction of sp³-hybridized carbons (Fsp3) is 0.136. The Hall–Kier alpha value is -3.67. The van der Waals surface area contributed by atoms with Crippen molar-refractivity contribution < 1.29 is 23.1 Å². The number of rotatable bonds is 3. The molecular weight excluding hydrogens is 449 g/mol. The largest absolute Gasteiger partial charge is 0.365 e. The lowest BCUT2D eigenvalue weighted by molar-refractivity contribution is 0.0995. The Kier molecular flexibility index (Phi) is 4.78. The number of hydrogen-bond acceptors (Lipinski definition) is 5. The van der Waals surface area contributed by atoms with Gasteiger partial charge in [0.05, 0.1) is 22.7 Å². The van der Waals surface area contributed by atoms with Gasteiger partial charge in [0.15, 0.2) is 0 Å². The topological polar surface area (TPSA) is 148 Å². The highest BCUT2D eigenvalue weighted by atomic mass is 32.3. The first-order valence-corrected chi connectivity index (χ1v) is 11.6. The Labute approximate surface area is 189 Å². The number of hydrogen-bond donors (Lipinski definition) is 4. The third-order valence-corrected chi connectivity index (χ3v) is 7.37. The number of halogens is 1. The molecule has 0 spiro atoms. The van der Waals surface area contributed by atoms with E-state index in [0.29, 0.717) is 27.3 Å². The Morgan fingerprint density at radius 3 is 2.61 bits per heavy atom. The molecule has 5 rings (SSSR count). The second-order valence-corrected chi connectivity index (χ2v) is 9.73. The maximum atomic E-state index is 13.9. The summed E-state index contributed by atoms with van der Waals surface area (Å²) >= 11 is 0. The number of nitrogens with two attached hydrogens (primary N) is 2. The van der Waals surface area contributed by atoms with Gasteiger partial charge in [0.1, 0.15) is 17.6 Å². The van der Waals surface area contributed by atoms with Crippen LogP contribution in [0.3, 0.4) is 0 Å². The first-order valence-electron chi connectivity index (χ1n) is 10.00. The average Bonchev–Trinajstić information content (AvgIpc) is 3.30. The molecule has 3 aromatic rings. The number of urea groups is 1. The van der Waals surface area contributed by atoms with Gasteiger partial charge in [-0.15, -0.1) is 10.6 Å². The fourth-order valence-electron chi connectivity index (χ4n) is 4.42. The van der Waals surface area contributed by atoms with Crippen molar-refractivity contribution in [3.63, 3.8) is 0 Å². The van der Waals surface area contributed by atoms with Crippen molar-refractivity contribution in [3.8, 4) is 11.3 Å². The van der Waals surface area contributed by atoms with E-state index in [0.717, 1.165) is 0 Å². The molecule has 2 aliphatic rings. The Bertz CT molecular complexity index is 1350. The number of aromatic nitrogens is 2. The van der Waals surface area contributed by atoms with E-state index in [1.165, 1.54) is 28.5 Å². The summed E-state index contributed by atoms with van der Waals surface area (Å²) in [6, 6.07) is 9.06. The molecule has 1 aromatic heterocycles. The predicted octanol–water partition coefficient (Wildman–Crippen LogP) is 3.37. The number of amides is 3. The van der Waals surface area contributed by atoms with Crippen LogP contribution in [0, 0.1) is 5.82 Å². The second kappa shape index (κ2) is 7.44. The smallest absolute Gasteiger partial charge is 0.315 e. The highest BCUT2D eigenvalue weighted by Crippen LogP contribution is 2.56. The van der Waals surface area contributed by atoms with E-state index < -0.39 is 34.4 Å². The van der Waals surface area contributed by atoms with E-state index >= 15 is 0 Å². The third kappa shape index (κ3) is 3.37. The van der Waals surface area contributed by atoms with E-state index in [4.69, 9.17) is 11.5 Å². The summed E-state index contributed by atoms with van der Waals surface area (Å²) in [5.74, 6) is -1.29. The summed E-state index contributed by atoms with van der Waals surface area (Å²) < 4.78 is 36.2. The van der Waals surface area contributed by atoms with Crippen molar-refractivity contribution >= 4 is 28.6 Å². The van der Waals surface area contributed by atoms with Gasteiger partial charge >= 0.3 is 6.03 Å². The lowest BCUT2D eigenvalue weighted by Crippen LogP contribution is -2.46. The molecule has 1 atom stereocenters. The van der Waals surface area contributed by atoms with E-state index in [1.807, 2.05) is 0 Å². The zero-order chi connectivity index (χ0) is 23.5. The maximum absolute atomic E-state index is 13.9. The van der Waals surface area contributed by atoms with Gasteiger partial charge in [-0.2, -0.15) is 5.10 Å². The van der Waals surface area contributed by atoms with Crippen LogP contribution in [0.2, 0.25) is 0 Å². The minimum Gasteiger partial charge on any atom is -0.365 e. The quantitative estimate of drug-likeness (QED) is 0.464. The van der Waals surface area contributed by atoms with E-state index in [9.17, 15) is 23.1 Å². The van der Waals surface area contributed by atoms with Crippen LogP contribution in [0.1, 0.15) is 33.2 Å². The molecule has 0 fully saturated rings. The lowest BCUT2D eigenvalue weighted by atomic mass is 9.94. The van der Waals surface area contributed by atoms with Crippen molar-refractivity contribution in [2.75, 3.05) is 6.54 Å². The van der Waals surface area contributed by atoms with Crippen LogP contribution in [0.5, 0.6) is 0 Å². The minimum atomic E-state index is -3.12. The van der Waals surface area contributed by atoms with Crippen molar-refractivity contribution in [1.29, 1.82) is 0 Å². The molecule has 0 radical (unpaired) electrons. The molecule has 2 aliphatic heterocycles. The summed E-state index contributed by atoms with van der Waals surface area (Å²) in [5.41, 5.74) is 13.5. The summed E-state index contributed by atoms with van der Waals surface area (Å²) in [6.45, 7) is 0.438. The molecule has 170 valence electrons. The molecule has 2 aromatic carbocycles. The monoisotopic (exact) mass is 469 g/mol. The van der Waals surface area contributed by atoms with Gasteiger partial charge in [-0.05, 0) is 35.4 Å².